The van der Waals surface area contributed by atoms with Crippen LogP contribution < -0.4 is 5.32 Å². The molecule has 0 bridgehead atoms. The van der Waals surface area contributed by atoms with Gasteiger partial charge in [-0.3, -0.25) is 0 Å². The van der Waals surface area contributed by atoms with Crippen LogP contribution >= 0.6 is 11.8 Å². The zero-order valence-electron chi connectivity index (χ0n) is 12.9. The van der Waals surface area contributed by atoms with Crippen LogP contribution in [0.1, 0.15) is 58.6 Å². The summed E-state index contributed by atoms with van der Waals surface area (Å²) in [7, 11) is 0. The molecule has 1 rings (SSSR count). The van der Waals surface area contributed by atoms with Gasteiger partial charge in [0.25, 0.3) is 0 Å². The molecule has 0 saturated heterocycles. The largest absolute Gasteiger partial charge is 0.310 e. The first-order valence-corrected chi connectivity index (χ1v) is 8.66. The highest BCUT2D eigenvalue weighted by Gasteiger charge is 2.13. The lowest BCUT2D eigenvalue weighted by molar-refractivity contribution is 0.512. The summed E-state index contributed by atoms with van der Waals surface area (Å²) in [5, 5.41) is 3.66. The lowest BCUT2D eigenvalue weighted by Crippen LogP contribution is -2.22. The van der Waals surface area contributed by atoms with Gasteiger partial charge in [0.1, 0.15) is 0 Å². The van der Waals surface area contributed by atoms with Gasteiger partial charge >= 0.3 is 0 Å². The summed E-state index contributed by atoms with van der Waals surface area (Å²) in [6.45, 7) is 10.2. The summed E-state index contributed by atoms with van der Waals surface area (Å²) in [6, 6.07) is 9.39. The van der Waals surface area contributed by atoms with E-state index in [-0.39, 0.29) is 0 Å². The lowest BCUT2D eigenvalue weighted by Gasteiger charge is -2.20. The van der Waals surface area contributed by atoms with Crippen LogP contribution in [0.3, 0.4) is 0 Å². The fourth-order valence-electron chi connectivity index (χ4n) is 2.04. The Bertz CT molecular complexity index is 351. The van der Waals surface area contributed by atoms with Gasteiger partial charge in [-0.2, -0.15) is 0 Å². The number of hydrogen-bond acceptors (Lipinski definition) is 2. The molecule has 108 valence electrons. The first-order chi connectivity index (χ1) is 9.22. The van der Waals surface area contributed by atoms with Crippen molar-refractivity contribution in [2.45, 2.75) is 57.9 Å². The minimum Gasteiger partial charge on any atom is -0.310 e. The third-order valence-corrected chi connectivity index (χ3v) is 4.98. The van der Waals surface area contributed by atoms with E-state index in [1.807, 2.05) is 11.8 Å². The molecule has 0 aliphatic rings. The Labute approximate surface area is 123 Å². The van der Waals surface area contributed by atoms with Gasteiger partial charge in [-0.1, -0.05) is 52.3 Å². The number of hydrogen-bond donors (Lipinski definition) is 1. The van der Waals surface area contributed by atoms with E-state index in [9.17, 15) is 0 Å². The van der Waals surface area contributed by atoms with Gasteiger partial charge in [0, 0.05) is 16.7 Å². The molecule has 0 aromatic heterocycles. The van der Waals surface area contributed by atoms with E-state index in [1.165, 1.54) is 29.1 Å². The average Bonchev–Trinajstić information content (AvgIpc) is 2.46. The predicted octanol–water partition coefficient (Wildman–Crippen LogP) is 5.28. The molecule has 0 aliphatic heterocycles. The fourth-order valence-corrected chi connectivity index (χ4v) is 3.29. The zero-order chi connectivity index (χ0) is 14.1. The van der Waals surface area contributed by atoms with Crippen molar-refractivity contribution in [3.63, 3.8) is 0 Å². The van der Waals surface area contributed by atoms with Crippen LogP contribution in [0.2, 0.25) is 0 Å². The van der Waals surface area contributed by atoms with Crippen LogP contribution in [0.4, 0.5) is 0 Å². The molecule has 0 amide bonds. The van der Waals surface area contributed by atoms with E-state index < -0.39 is 0 Å². The first kappa shape index (κ1) is 16.6. The second-order valence-electron chi connectivity index (χ2n) is 5.28. The second kappa shape index (κ2) is 9.44. The Morgan fingerprint density at radius 2 is 1.84 bits per heavy atom. The quantitative estimate of drug-likeness (QED) is 0.618. The Hall–Kier alpha value is -0.470. The van der Waals surface area contributed by atoms with Crippen molar-refractivity contribution in [2.75, 3.05) is 12.3 Å². The number of rotatable bonds is 9. The molecular formula is C17H29NS. The van der Waals surface area contributed by atoms with Gasteiger partial charge in [-0.15, -0.1) is 11.8 Å². The van der Waals surface area contributed by atoms with Crippen molar-refractivity contribution in [1.82, 2.24) is 5.32 Å². The highest BCUT2D eigenvalue weighted by atomic mass is 32.2. The summed E-state index contributed by atoms with van der Waals surface area (Å²) in [4.78, 5) is 1.46. The van der Waals surface area contributed by atoms with E-state index in [2.05, 4.69) is 57.3 Å². The van der Waals surface area contributed by atoms with Gasteiger partial charge in [-0.05, 0) is 36.9 Å². The maximum absolute atomic E-state index is 3.66. The van der Waals surface area contributed by atoms with Crippen molar-refractivity contribution < 1.29 is 0 Å². The Morgan fingerprint density at radius 3 is 2.47 bits per heavy atom. The van der Waals surface area contributed by atoms with Crippen LogP contribution in [0.25, 0.3) is 0 Å². The minimum absolute atomic E-state index is 0.501. The smallest absolute Gasteiger partial charge is 0.0328 e. The van der Waals surface area contributed by atoms with Gasteiger partial charge < -0.3 is 5.32 Å². The average molecular weight is 279 g/mol. The van der Waals surface area contributed by atoms with E-state index >= 15 is 0 Å². The number of thioether (sulfide) groups is 1. The van der Waals surface area contributed by atoms with Crippen molar-refractivity contribution in [3.05, 3.63) is 29.8 Å². The monoisotopic (exact) mass is 279 g/mol. The molecule has 1 aromatic rings. The van der Waals surface area contributed by atoms with Crippen molar-refractivity contribution in [3.8, 4) is 0 Å². The molecule has 0 radical (unpaired) electrons. The molecular weight excluding hydrogens is 250 g/mol. The standard InChI is InChI=1S/C17H29NS/c1-5-12-18-16(7-3)15-10-8-9-11-17(15)19-13-14(4)6-2/h8-11,14,16,18H,5-7,12-13H2,1-4H3. The van der Waals surface area contributed by atoms with E-state index in [0.717, 1.165) is 18.9 Å². The summed E-state index contributed by atoms with van der Waals surface area (Å²) < 4.78 is 0. The van der Waals surface area contributed by atoms with Crippen LogP contribution in [-0.2, 0) is 0 Å². The molecule has 1 nitrogen and oxygen atoms in total. The Balaban J connectivity index is 2.75. The number of nitrogens with one attached hydrogen (secondary N) is 1. The van der Waals surface area contributed by atoms with Crippen molar-refractivity contribution >= 4 is 11.8 Å². The summed E-state index contributed by atoms with van der Waals surface area (Å²) >= 11 is 2.02. The summed E-state index contributed by atoms with van der Waals surface area (Å²) in [6.07, 6.45) is 3.61. The first-order valence-electron chi connectivity index (χ1n) is 7.67. The molecule has 0 aliphatic carbocycles. The van der Waals surface area contributed by atoms with Gasteiger partial charge in [0.2, 0.25) is 0 Å². The maximum Gasteiger partial charge on any atom is 0.0328 e. The van der Waals surface area contributed by atoms with E-state index in [0.29, 0.717) is 6.04 Å². The Kier molecular flexibility index (Phi) is 8.24. The molecule has 2 unspecified atom stereocenters. The highest BCUT2D eigenvalue weighted by molar-refractivity contribution is 7.99. The number of benzene rings is 1. The summed E-state index contributed by atoms with van der Waals surface area (Å²) in [5.41, 5.74) is 1.48. The third-order valence-electron chi connectivity index (χ3n) is 3.56. The van der Waals surface area contributed by atoms with Crippen molar-refractivity contribution in [1.29, 1.82) is 0 Å². The Morgan fingerprint density at radius 1 is 1.11 bits per heavy atom. The topological polar surface area (TPSA) is 12.0 Å². The van der Waals surface area contributed by atoms with Gasteiger partial charge in [0.05, 0.1) is 0 Å². The molecule has 0 fully saturated rings. The van der Waals surface area contributed by atoms with E-state index in [1.54, 1.807) is 0 Å². The van der Waals surface area contributed by atoms with Gasteiger partial charge in [-0.25, -0.2) is 0 Å². The maximum atomic E-state index is 3.66. The molecule has 0 heterocycles. The lowest BCUT2D eigenvalue weighted by atomic mass is 10.0. The molecule has 1 N–H and O–H groups in total. The third kappa shape index (κ3) is 5.58. The SMILES string of the molecule is CCCNC(CC)c1ccccc1SCC(C)CC. The second-order valence-corrected chi connectivity index (χ2v) is 6.34. The van der Waals surface area contributed by atoms with Crippen LogP contribution in [0, 0.1) is 5.92 Å². The molecule has 2 atom stereocenters. The van der Waals surface area contributed by atoms with Crippen LogP contribution in [0.15, 0.2) is 29.2 Å². The molecule has 1 aromatic carbocycles. The molecule has 2 heteroatoms. The molecule has 0 spiro atoms. The summed E-state index contributed by atoms with van der Waals surface area (Å²) in [5.74, 6) is 2.01. The van der Waals surface area contributed by atoms with Crippen LogP contribution in [-0.4, -0.2) is 12.3 Å². The zero-order valence-corrected chi connectivity index (χ0v) is 13.7. The van der Waals surface area contributed by atoms with E-state index in [4.69, 9.17) is 0 Å². The van der Waals surface area contributed by atoms with Crippen molar-refractivity contribution in [2.24, 2.45) is 5.92 Å². The normalized spacial score (nSPS) is 14.3. The molecule has 0 saturated carbocycles. The van der Waals surface area contributed by atoms with Crippen LogP contribution in [0.5, 0.6) is 0 Å². The minimum atomic E-state index is 0.501. The predicted molar refractivity (Wildman–Crippen MR) is 87.9 cm³/mol. The highest BCUT2D eigenvalue weighted by Crippen LogP contribution is 2.30. The van der Waals surface area contributed by atoms with Gasteiger partial charge in [0.15, 0.2) is 0 Å². The fraction of sp³-hybridized carbons (Fsp3) is 0.647. The molecule has 19 heavy (non-hydrogen) atoms.